The molecular formula is C12H17N5OS2. The zero-order valence-electron chi connectivity index (χ0n) is 11.3. The molecule has 0 unspecified atom stereocenters. The van der Waals surface area contributed by atoms with Crippen LogP contribution >= 0.6 is 22.7 Å². The molecule has 0 saturated carbocycles. The van der Waals surface area contributed by atoms with Crippen molar-refractivity contribution in [1.82, 2.24) is 15.2 Å². The summed E-state index contributed by atoms with van der Waals surface area (Å²) in [5, 5.41) is 14.7. The highest BCUT2D eigenvalue weighted by atomic mass is 32.1. The summed E-state index contributed by atoms with van der Waals surface area (Å²) in [5.41, 5.74) is 5.85. The van der Waals surface area contributed by atoms with Crippen molar-refractivity contribution >= 4 is 33.7 Å². The number of nitrogens with zero attached hydrogens (tertiary/aromatic N) is 3. The first kappa shape index (κ1) is 15.0. The van der Waals surface area contributed by atoms with Crippen LogP contribution in [0.3, 0.4) is 0 Å². The van der Waals surface area contributed by atoms with Gasteiger partial charge in [-0.25, -0.2) is 4.98 Å². The maximum atomic E-state index is 11.9. The summed E-state index contributed by atoms with van der Waals surface area (Å²) >= 11 is 2.79. The van der Waals surface area contributed by atoms with Crippen LogP contribution in [0.1, 0.15) is 46.7 Å². The van der Waals surface area contributed by atoms with E-state index in [0.717, 1.165) is 22.9 Å². The number of aryl methyl sites for hydroxylation is 1. The van der Waals surface area contributed by atoms with E-state index in [1.54, 1.807) is 5.38 Å². The molecule has 0 aliphatic rings. The number of hydrogen-bond acceptors (Lipinski definition) is 7. The van der Waals surface area contributed by atoms with Gasteiger partial charge in [0.25, 0.3) is 5.91 Å². The minimum Gasteiger partial charge on any atom is -0.325 e. The van der Waals surface area contributed by atoms with E-state index in [4.69, 9.17) is 5.73 Å². The summed E-state index contributed by atoms with van der Waals surface area (Å²) in [6.07, 6.45) is 4.37. The smallest absolute Gasteiger partial charge is 0.276 e. The van der Waals surface area contributed by atoms with Crippen LogP contribution in [-0.4, -0.2) is 21.1 Å². The van der Waals surface area contributed by atoms with Gasteiger partial charge in [0.1, 0.15) is 15.7 Å². The van der Waals surface area contributed by atoms with Gasteiger partial charge in [-0.3, -0.25) is 10.1 Å². The van der Waals surface area contributed by atoms with Crippen LogP contribution in [0.4, 0.5) is 5.13 Å². The van der Waals surface area contributed by atoms with E-state index in [-0.39, 0.29) is 5.91 Å². The zero-order valence-corrected chi connectivity index (χ0v) is 12.9. The lowest BCUT2D eigenvalue weighted by Crippen LogP contribution is -2.12. The van der Waals surface area contributed by atoms with Crippen molar-refractivity contribution in [3.63, 3.8) is 0 Å². The number of nitrogens with one attached hydrogen (secondary N) is 1. The standard InChI is InChI=1S/C12H17N5OS2/c1-2-3-4-5-9-16-17-12(20-9)15-11(18)8-7-19-10(6-13)14-8/h7H,2-6,13H2,1H3,(H,15,17,18). The lowest BCUT2D eigenvalue weighted by atomic mass is 10.2. The number of thiazole rings is 1. The summed E-state index contributed by atoms with van der Waals surface area (Å²) in [6, 6.07) is 0. The summed E-state index contributed by atoms with van der Waals surface area (Å²) in [4.78, 5) is 16.1. The Labute approximate surface area is 125 Å². The highest BCUT2D eigenvalue weighted by Gasteiger charge is 2.13. The molecule has 2 aromatic rings. The number of aromatic nitrogens is 3. The van der Waals surface area contributed by atoms with Crippen LogP contribution in [0.15, 0.2) is 5.38 Å². The second kappa shape index (κ2) is 7.41. The van der Waals surface area contributed by atoms with Crippen molar-refractivity contribution in [3.8, 4) is 0 Å². The van der Waals surface area contributed by atoms with Crippen LogP contribution in [0.2, 0.25) is 0 Å². The van der Waals surface area contributed by atoms with Crippen LogP contribution in [0, 0.1) is 0 Å². The summed E-state index contributed by atoms with van der Waals surface area (Å²) < 4.78 is 0. The third kappa shape index (κ3) is 4.06. The zero-order chi connectivity index (χ0) is 14.4. The van der Waals surface area contributed by atoms with E-state index in [1.807, 2.05) is 0 Å². The average molecular weight is 311 g/mol. The first-order valence-corrected chi connectivity index (χ1v) is 8.20. The molecule has 8 heteroatoms. The number of nitrogens with two attached hydrogens (primary N) is 1. The third-order valence-electron chi connectivity index (χ3n) is 2.64. The Kier molecular flexibility index (Phi) is 5.57. The minimum atomic E-state index is -0.266. The lowest BCUT2D eigenvalue weighted by molar-refractivity contribution is 0.102. The first-order valence-electron chi connectivity index (χ1n) is 6.51. The van der Waals surface area contributed by atoms with E-state index in [9.17, 15) is 4.79 Å². The number of hydrogen-bond donors (Lipinski definition) is 2. The largest absolute Gasteiger partial charge is 0.325 e. The van der Waals surface area contributed by atoms with Gasteiger partial charge in [-0.05, 0) is 6.42 Å². The molecule has 0 radical (unpaired) electrons. The van der Waals surface area contributed by atoms with E-state index < -0.39 is 0 Å². The Morgan fingerprint density at radius 1 is 1.35 bits per heavy atom. The summed E-state index contributed by atoms with van der Waals surface area (Å²) in [7, 11) is 0. The molecule has 3 N–H and O–H groups in total. The topological polar surface area (TPSA) is 93.8 Å². The number of amides is 1. The number of anilines is 1. The number of unbranched alkanes of at least 4 members (excludes halogenated alkanes) is 2. The van der Waals surface area contributed by atoms with Gasteiger partial charge in [-0.1, -0.05) is 31.1 Å². The SMILES string of the molecule is CCCCCc1nnc(NC(=O)c2csc(CN)n2)s1. The maximum absolute atomic E-state index is 11.9. The van der Waals surface area contributed by atoms with E-state index >= 15 is 0 Å². The van der Waals surface area contributed by atoms with Gasteiger partial charge in [0.15, 0.2) is 0 Å². The Balaban J connectivity index is 1.91. The molecule has 6 nitrogen and oxygen atoms in total. The molecule has 108 valence electrons. The Morgan fingerprint density at radius 2 is 2.20 bits per heavy atom. The number of rotatable bonds is 7. The minimum absolute atomic E-state index is 0.266. The molecule has 1 amide bonds. The molecule has 0 saturated heterocycles. The number of carbonyl (C=O) groups is 1. The normalized spacial score (nSPS) is 10.7. The molecule has 0 bridgehead atoms. The van der Waals surface area contributed by atoms with Crippen molar-refractivity contribution < 1.29 is 4.79 Å². The van der Waals surface area contributed by atoms with Crippen LogP contribution in [0.25, 0.3) is 0 Å². The molecule has 0 spiro atoms. The first-order chi connectivity index (χ1) is 9.72. The van der Waals surface area contributed by atoms with Gasteiger partial charge in [0.2, 0.25) is 5.13 Å². The lowest BCUT2D eigenvalue weighted by Gasteiger charge is -1.96. The molecule has 0 fully saturated rings. The molecular weight excluding hydrogens is 294 g/mol. The monoisotopic (exact) mass is 311 g/mol. The molecule has 0 aliphatic heterocycles. The highest BCUT2D eigenvalue weighted by molar-refractivity contribution is 7.15. The van der Waals surface area contributed by atoms with Crippen molar-refractivity contribution in [2.24, 2.45) is 5.73 Å². The summed E-state index contributed by atoms with van der Waals surface area (Å²) in [6.45, 7) is 2.51. The van der Waals surface area contributed by atoms with Gasteiger partial charge in [0.05, 0.1) is 0 Å². The molecule has 0 aliphatic carbocycles. The van der Waals surface area contributed by atoms with Crippen LogP contribution in [0.5, 0.6) is 0 Å². The van der Waals surface area contributed by atoms with Gasteiger partial charge >= 0.3 is 0 Å². The fourth-order valence-corrected chi connectivity index (χ4v) is 3.03. The van der Waals surface area contributed by atoms with Crippen molar-refractivity contribution in [1.29, 1.82) is 0 Å². The van der Waals surface area contributed by atoms with E-state index in [1.165, 1.54) is 35.5 Å². The Hall–Kier alpha value is -1.38. The predicted octanol–water partition coefficient (Wildman–Crippen LogP) is 2.44. The molecule has 0 atom stereocenters. The molecule has 20 heavy (non-hydrogen) atoms. The van der Waals surface area contributed by atoms with E-state index in [2.05, 4.69) is 27.4 Å². The third-order valence-corrected chi connectivity index (χ3v) is 4.41. The van der Waals surface area contributed by atoms with Gasteiger partial charge < -0.3 is 5.73 Å². The fraction of sp³-hybridized carbons (Fsp3) is 0.500. The quantitative estimate of drug-likeness (QED) is 0.766. The Morgan fingerprint density at radius 3 is 2.90 bits per heavy atom. The average Bonchev–Trinajstić information content (AvgIpc) is 3.08. The van der Waals surface area contributed by atoms with Crippen LogP contribution < -0.4 is 11.1 Å². The second-order valence-corrected chi connectivity index (χ2v) is 6.25. The fourth-order valence-electron chi connectivity index (χ4n) is 1.60. The molecule has 2 heterocycles. The predicted molar refractivity (Wildman–Crippen MR) is 81.1 cm³/mol. The van der Waals surface area contributed by atoms with Crippen molar-refractivity contribution in [2.75, 3.05) is 5.32 Å². The van der Waals surface area contributed by atoms with Crippen LogP contribution in [-0.2, 0) is 13.0 Å². The summed E-state index contributed by atoms with van der Waals surface area (Å²) in [5.74, 6) is -0.266. The van der Waals surface area contributed by atoms with E-state index in [0.29, 0.717) is 17.4 Å². The van der Waals surface area contributed by atoms with Gasteiger partial charge in [-0.15, -0.1) is 21.5 Å². The molecule has 0 aromatic carbocycles. The maximum Gasteiger partial charge on any atom is 0.276 e. The number of carbonyl (C=O) groups excluding carboxylic acids is 1. The highest BCUT2D eigenvalue weighted by Crippen LogP contribution is 2.18. The van der Waals surface area contributed by atoms with Crippen molar-refractivity contribution in [3.05, 3.63) is 21.1 Å². The van der Waals surface area contributed by atoms with Crippen molar-refractivity contribution in [2.45, 2.75) is 39.2 Å². The Bertz CT molecular complexity index is 566. The molecule has 2 aromatic heterocycles. The van der Waals surface area contributed by atoms with Gasteiger partial charge in [0, 0.05) is 18.3 Å². The van der Waals surface area contributed by atoms with Gasteiger partial charge in [-0.2, -0.15) is 0 Å². The second-order valence-electron chi connectivity index (χ2n) is 4.24. The molecule has 2 rings (SSSR count).